The van der Waals surface area contributed by atoms with Crippen molar-refractivity contribution >= 4 is 5.69 Å². The summed E-state index contributed by atoms with van der Waals surface area (Å²) in [5, 5.41) is 7.04. The molecule has 0 bridgehead atoms. The van der Waals surface area contributed by atoms with Gasteiger partial charge in [0.1, 0.15) is 0 Å². The monoisotopic (exact) mass is 232 g/mol. The molecule has 0 aromatic heterocycles. The molecule has 1 aromatic carbocycles. The second-order valence-electron chi connectivity index (χ2n) is 4.87. The Kier molecular flexibility index (Phi) is 4.87. The lowest BCUT2D eigenvalue weighted by molar-refractivity contribution is 0.598. The number of hydrogen-bond acceptors (Lipinski definition) is 2. The zero-order chi connectivity index (χ0) is 11.9. The average Bonchev–Trinajstić information content (AvgIpc) is 2.82. The summed E-state index contributed by atoms with van der Waals surface area (Å²) in [6.45, 7) is 5.50. The normalized spacial score (nSPS) is 13.5. The average molecular weight is 232 g/mol. The molecule has 1 aliphatic heterocycles. The van der Waals surface area contributed by atoms with E-state index in [2.05, 4.69) is 35.8 Å². The van der Waals surface area contributed by atoms with Crippen molar-refractivity contribution in [1.29, 1.82) is 0 Å². The van der Waals surface area contributed by atoms with Crippen molar-refractivity contribution in [1.82, 2.24) is 5.32 Å². The number of para-hydroxylation sites is 1. The smallest absolute Gasteiger partial charge is 0.0419 e. The van der Waals surface area contributed by atoms with E-state index in [0.717, 1.165) is 19.6 Å². The lowest BCUT2D eigenvalue weighted by Crippen LogP contribution is -2.15. The van der Waals surface area contributed by atoms with Crippen molar-refractivity contribution in [3.05, 3.63) is 29.3 Å². The number of hydrogen-bond donors (Lipinski definition) is 2. The first-order chi connectivity index (χ1) is 8.42. The molecule has 1 aliphatic rings. The molecule has 94 valence electrons. The first kappa shape index (κ1) is 12.4. The Labute approximate surface area is 105 Å². The van der Waals surface area contributed by atoms with Crippen LogP contribution in [0.3, 0.4) is 0 Å². The molecule has 2 nitrogen and oxygen atoms in total. The van der Waals surface area contributed by atoms with E-state index >= 15 is 0 Å². The van der Waals surface area contributed by atoms with Gasteiger partial charge in [0.15, 0.2) is 0 Å². The molecule has 0 radical (unpaired) electrons. The zero-order valence-corrected chi connectivity index (χ0v) is 10.9. The van der Waals surface area contributed by atoms with Gasteiger partial charge in [0, 0.05) is 18.8 Å². The van der Waals surface area contributed by atoms with Gasteiger partial charge in [-0.25, -0.2) is 0 Å². The molecule has 0 saturated carbocycles. The maximum absolute atomic E-state index is 3.55. The Hall–Kier alpha value is -1.02. The van der Waals surface area contributed by atoms with E-state index in [1.165, 1.54) is 48.9 Å². The fraction of sp³-hybridized carbons (Fsp3) is 0.600. The summed E-state index contributed by atoms with van der Waals surface area (Å²) in [5.41, 5.74) is 4.29. The first-order valence-corrected chi connectivity index (χ1v) is 6.97. The van der Waals surface area contributed by atoms with Crippen LogP contribution in [-0.4, -0.2) is 13.1 Å². The molecular weight excluding hydrogens is 208 g/mol. The number of benzene rings is 1. The Bertz CT molecular complexity index is 347. The summed E-state index contributed by atoms with van der Waals surface area (Å²) in [6, 6.07) is 6.65. The molecule has 1 heterocycles. The number of unbranched alkanes of at least 4 members (excludes halogenated alkanes) is 3. The number of rotatable bonds is 7. The highest BCUT2D eigenvalue weighted by Crippen LogP contribution is 2.26. The van der Waals surface area contributed by atoms with Gasteiger partial charge in [-0.2, -0.15) is 0 Å². The van der Waals surface area contributed by atoms with E-state index in [-0.39, 0.29) is 0 Å². The maximum Gasteiger partial charge on any atom is 0.0419 e. The summed E-state index contributed by atoms with van der Waals surface area (Å²) in [5.74, 6) is 0. The van der Waals surface area contributed by atoms with E-state index < -0.39 is 0 Å². The van der Waals surface area contributed by atoms with Crippen LogP contribution in [0.25, 0.3) is 0 Å². The first-order valence-electron chi connectivity index (χ1n) is 6.97. The highest BCUT2D eigenvalue weighted by Gasteiger charge is 2.12. The molecule has 1 aromatic rings. The minimum atomic E-state index is 1.00. The lowest BCUT2D eigenvalue weighted by atomic mass is 10.1. The van der Waals surface area contributed by atoms with Gasteiger partial charge in [-0.3, -0.25) is 0 Å². The lowest BCUT2D eigenvalue weighted by Gasteiger charge is -2.10. The van der Waals surface area contributed by atoms with Crippen LogP contribution in [0.5, 0.6) is 0 Å². The molecule has 0 amide bonds. The van der Waals surface area contributed by atoms with E-state index in [1.807, 2.05) is 0 Å². The van der Waals surface area contributed by atoms with Gasteiger partial charge in [-0.15, -0.1) is 0 Å². The van der Waals surface area contributed by atoms with E-state index in [4.69, 9.17) is 0 Å². The van der Waals surface area contributed by atoms with Crippen molar-refractivity contribution in [2.75, 3.05) is 18.4 Å². The van der Waals surface area contributed by atoms with Gasteiger partial charge >= 0.3 is 0 Å². The largest absolute Gasteiger partial charge is 0.384 e. The van der Waals surface area contributed by atoms with Crippen LogP contribution >= 0.6 is 0 Å². The summed E-state index contributed by atoms with van der Waals surface area (Å²) >= 11 is 0. The molecule has 2 heteroatoms. The van der Waals surface area contributed by atoms with E-state index in [1.54, 1.807) is 0 Å². The molecule has 0 atom stereocenters. The minimum Gasteiger partial charge on any atom is -0.384 e. The van der Waals surface area contributed by atoms with Gasteiger partial charge in [0.2, 0.25) is 0 Å². The molecule has 0 saturated heterocycles. The molecule has 0 unspecified atom stereocenters. The zero-order valence-electron chi connectivity index (χ0n) is 10.9. The van der Waals surface area contributed by atoms with Crippen LogP contribution in [0.4, 0.5) is 5.69 Å². The second-order valence-corrected chi connectivity index (χ2v) is 4.87. The Morgan fingerprint density at radius 1 is 1.24 bits per heavy atom. The van der Waals surface area contributed by atoms with Crippen molar-refractivity contribution in [3.8, 4) is 0 Å². The summed E-state index contributed by atoms with van der Waals surface area (Å²) in [4.78, 5) is 0. The van der Waals surface area contributed by atoms with Crippen LogP contribution in [0.1, 0.15) is 43.7 Å². The third-order valence-corrected chi connectivity index (χ3v) is 3.46. The summed E-state index contributed by atoms with van der Waals surface area (Å²) in [7, 11) is 0. The Morgan fingerprint density at radius 2 is 2.18 bits per heavy atom. The Balaban J connectivity index is 1.74. The molecular formula is C15H24N2. The van der Waals surface area contributed by atoms with Crippen molar-refractivity contribution in [3.63, 3.8) is 0 Å². The second kappa shape index (κ2) is 6.65. The maximum atomic E-state index is 3.55. The number of nitrogens with one attached hydrogen (secondary N) is 2. The third kappa shape index (κ3) is 3.47. The van der Waals surface area contributed by atoms with Crippen molar-refractivity contribution in [2.24, 2.45) is 0 Å². The fourth-order valence-electron chi connectivity index (χ4n) is 2.46. The number of fused-ring (bicyclic) bond motifs is 1. The highest BCUT2D eigenvalue weighted by molar-refractivity contribution is 5.61. The molecule has 17 heavy (non-hydrogen) atoms. The minimum absolute atomic E-state index is 1.00. The standard InChI is InChI=1S/C15H24N2/c1-2-3-4-5-10-16-12-14-8-6-7-13-9-11-17-15(13)14/h6-8,16-17H,2-5,9-12H2,1H3. The quantitative estimate of drug-likeness (QED) is 0.705. The van der Waals surface area contributed by atoms with Crippen molar-refractivity contribution in [2.45, 2.75) is 45.6 Å². The summed E-state index contributed by atoms with van der Waals surface area (Å²) in [6.07, 6.45) is 6.52. The summed E-state index contributed by atoms with van der Waals surface area (Å²) < 4.78 is 0. The van der Waals surface area contributed by atoms with Crippen LogP contribution in [0.2, 0.25) is 0 Å². The number of anilines is 1. The highest BCUT2D eigenvalue weighted by atomic mass is 14.9. The third-order valence-electron chi connectivity index (χ3n) is 3.46. The Morgan fingerprint density at radius 3 is 3.06 bits per heavy atom. The molecule has 0 fully saturated rings. The van der Waals surface area contributed by atoms with Gasteiger partial charge in [-0.1, -0.05) is 44.4 Å². The van der Waals surface area contributed by atoms with Crippen molar-refractivity contribution < 1.29 is 0 Å². The van der Waals surface area contributed by atoms with Crippen LogP contribution < -0.4 is 10.6 Å². The fourth-order valence-corrected chi connectivity index (χ4v) is 2.46. The molecule has 2 N–H and O–H groups in total. The van der Waals surface area contributed by atoms with Gasteiger partial charge in [-0.05, 0) is 30.5 Å². The van der Waals surface area contributed by atoms with E-state index in [0.29, 0.717) is 0 Å². The SMILES string of the molecule is CCCCCCNCc1cccc2c1NCC2. The van der Waals surface area contributed by atoms with Crippen LogP contribution in [-0.2, 0) is 13.0 Å². The van der Waals surface area contributed by atoms with Crippen LogP contribution in [0.15, 0.2) is 18.2 Å². The molecule has 0 spiro atoms. The van der Waals surface area contributed by atoms with Gasteiger partial charge < -0.3 is 10.6 Å². The van der Waals surface area contributed by atoms with Gasteiger partial charge in [0.05, 0.1) is 0 Å². The molecule has 0 aliphatic carbocycles. The van der Waals surface area contributed by atoms with Crippen LogP contribution in [0, 0.1) is 0 Å². The van der Waals surface area contributed by atoms with E-state index in [9.17, 15) is 0 Å². The topological polar surface area (TPSA) is 24.1 Å². The predicted octanol–water partition coefficient (Wildman–Crippen LogP) is 3.32. The van der Waals surface area contributed by atoms with Gasteiger partial charge in [0.25, 0.3) is 0 Å². The predicted molar refractivity (Wildman–Crippen MR) is 74.5 cm³/mol. The molecule has 2 rings (SSSR count).